The number of carbonyl (C=O) groups is 2. The van der Waals surface area contributed by atoms with Crippen molar-refractivity contribution in [2.75, 3.05) is 20.1 Å². The second-order valence-electron chi connectivity index (χ2n) is 7.98. The molecule has 0 heterocycles. The molecule has 0 aromatic heterocycles. The van der Waals surface area contributed by atoms with E-state index in [0.29, 0.717) is 11.6 Å². The molecular formula is C24H32ClN3O4S. The van der Waals surface area contributed by atoms with E-state index in [-0.39, 0.29) is 17.3 Å². The van der Waals surface area contributed by atoms with Gasteiger partial charge in [0.2, 0.25) is 21.8 Å². The number of aryl methyl sites for hydroxylation is 1. The lowest BCUT2D eigenvalue weighted by molar-refractivity contribution is -0.140. The summed E-state index contributed by atoms with van der Waals surface area (Å²) in [6.07, 6.45) is 1.78. The molecule has 2 rings (SSSR count). The predicted molar refractivity (Wildman–Crippen MR) is 130 cm³/mol. The maximum absolute atomic E-state index is 13.3. The van der Waals surface area contributed by atoms with E-state index < -0.39 is 28.5 Å². The number of likely N-dealkylation sites (N-methyl/N-ethyl adjacent to an activating group) is 1. The quantitative estimate of drug-likeness (QED) is 0.484. The van der Waals surface area contributed by atoms with Crippen LogP contribution in [0.3, 0.4) is 0 Å². The molecule has 0 saturated heterocycles. The fourth-order valence-electron chi connectivity index (χ4n) is 3.24. The van der Waals surface area contributed by atoms with E-state index in [1.165, 1.54) is 36.2 Å². The Kier molecular flexibility index (Phi) is 9.88. The second-order valence-corrected chi connectivity index (χ2v) is 10.5. The average Bonchev–Trinajstić information content (AvgIpc) is 2.78. The van der Waals surface area contributed by atoms with Crippen LogP contribution in [0.4, 0.5) is 0 Å². The summed E-state index contributed by atoms with van der Waals surface area (Å²) in [6.45, 7) is 5.94. The number of nitrogens with zero attached hydrogens (tertiary/aromatic N) is 2. The first kappa shape index (κ1) is 26.8. The minimum atomic E-state index is -3.90. The Morgan fingerprint density at radius 3 is 2.33 bits per heavy atom. The standard InChI is InChI=1S/C24H32ClN3O4S/c1-5-6-15-26-24(30)19(3)28(16-20-10-8-7-9-18(20)2)23(29)17-27(4)33(31,32)22-13-11-21(25)12-14-22/h7-14,19H,5-6,15-17H2,1-4H3,(H,26,30)/t19-/m0/s1. The van der Waals surface area contributed by atoms with Crippen LogP contribution in [0.15, 0.2) is 53.4 Å². The third-order valence-corrected chi connectivity index (χ3v) is 7.55. The highest BCUT2D eigenvalue weighted by Crippen LogP contribution is 2.19. The van der Waals surface area contributed by atoms with Crippen molar-refractivity contribution < 1.29 is 18.0 Å². The van der Waals surface area contributed by atoms with Crippen LogP contribution < -0.4 is 5.32 Å². The minimum Gasteiger partial charge on any atom is -0.354 e. The summed E-state index contributed by atoms with van der Waals surface area (Å²) in [5.74, 6) is -0.731. The summed E-state index contributed by atoms with van der Waals surface area (Å²) in [7, 11) is -2.56. The van der Waals surface area contributed by atoms with Gasteiger partial charge in [0.1, 0.15) is 6.04 Å². The van der Waals surface area contributed by atoms with Crippen molar-refractivity contribution in [2.45, 2.75) is 51.1 Å². The van der Waals surface area contributed by atoms with E-state index in [9.17, 15) is 18.0 Å². The lowest BCUT2D eigenvalue weighted by atomic mass is 10.1. The van der Waals surface area contributed by atoms with Gasteiger partial charge < -0.3 is 10.2 Å². The topological polar surface area (TPSA) is 86.8 Å². The molecule has 1 atom stereocenters. The van der Waals surface area contributed by atoms with Crippen LogP contribution >= 0.6 is 11.6 Å². The molecule has 2 aromatic rings. The Hall–Kier alpha value is -2.42. The largest absolute Gasteiger partial charge is 0.354 e. The van der Waals surface area contributed by atoms with Gasteiger partial charge in [0, 0.05) is 25.2 Å². The molecule has 0 unspecified atom stereocenters. The minimum absolute atomic E-state index is 0.0398. The van der Waals surface area contributed by atoms with Crippen LogP contribution in [0.2, 0.25) is 5.02 Å². The number of unbranched alkanes of at least 4 members (excludes halogenated alkanes) is 1. The number of amides is 2. The molecule has 0 aliphatic heterocycles. The van der Waals surface area contributed by atoms with Gasteiger partial charge in [0.15, 0.2) is 0 Å². The van der Waals surface area contributed by atoms with Gasteiger partial charge in [0.05, 0.1) is 11.4 Å². The molecule has 0 saturated carbocycles. The van der Waals surface area contributed by atoms with Crippen molar-refractivity contribution in [1.29, 1.82) is 0 Å². The Labute approximate surface area is 201 Å². The predicted octanol–water partition coefficient (Wildman–Crippen LogP) is 3.60. The number of carbonyl (C=O) groups excluding carboxylic acids is 2. The number of halogens is 1. The number of rotatable bonds is 11. The highest BCUT2D eigenvalue weighted by atomic mass is 35.5. The van der Waals surface area contributed by atoms with Gasteiger partial charge in [0.25, 0.3) is 0 Å². The number of hydrogen-bond acceptors (Lipinski definition) is 4. The van der Waals surface area contributed by atoms with Crippen LogP contribution in [-0.2, 0) is 26.2 Å². The van der Waals surface area contributed by atoms with Gasteiger partial charge in [-0.25, -0.2) is 8.42 Å². The van der Waals surface area contributed by atoms with Crippen LogP contribution in [0.1, 0.15) is 37.8 Å². The Morgan fingerprint density at radius 1 is 1.09 bits per heavy atom. The summed E-state index contributed by atoms with van der Waals surface area (Å²) >= 11 is 5.86. The van der Waals surface area contributed by atoms with E-state index in [0.717, 1.165) is 28.3 Å². The highest BCUT2D eigenvalue weighted by molar-refractivity contribution is 7.89. The molecule has 0 bridgehead atoms. The van der Waals surface area contributed by atoms with Gasteiger partial charge >= 0.3 is 0 Å². The lowest BCUT2D eigenvalue weighted by Gasteiger charge is -2.30. The zero-order valence-corrected chi connectivity index (χ0v) is 21.1. The van der Waals surface area contributed by atoms with Gasteiger partial charge in [-0.15, -0.1) is 0 Å². The van der Waals surface area contributed by atoms with Crippen molar-refractivity contribution >= 4 is 33.4 Å². The van der Waals surface area contributed by atoms with Crippen molar-refractivity contribution in [2.24, 2.45) is 0 Å². The average molecular weight is 494 g/mol. The fourth-order valence-corrected chi connectivity index (χ4v) is 4.49. The van der Waals surface area contributed by atoms with E-state index >= 15 is 0 Å². The third-order valence-electron chi connectivity index (χ3n) is 5.48. The monoisotopic (exact) mass is 493 g/mol. The Morgan fingerprint density at radius 2 is 1.73 bits per heavy atom. The maximum Gasteiger partial charge on any atom is 0.243 e. The molecule has 2 amide bonds. The molecule has 0 radical (unpaired) electrons. The van der Waals surface area contributed by atoms with Gasteiger partial charge in [-0.05, 0) is 55.7 Å². The summed E-state index contributed by atoms with van der Waals surface area (Å²) in [4.78, 5) is 27.5. The zero-order chi connectivity index (χ0) is 24.6. The van der Waals surface area contributed by atoms with Gasteiger partial charge in [-0.2, -0.15) is 4.31 Å². The summed E-state index contributed by atoms with van der Waals surface area (Å²) < 4.78 is 26.8. The summed E-state index contributed by atoms with van der Waals surface area (Å²) in [5.41, 5.74) is 1.87. The molecule has 9 heteroatoms. The van der Waals surface area contributed by atoms with E-state index in [1.54, 1.807) is 6.92 Å². The maximum atomic E-state index is 13.3. The van der Waals surface area contributed by atoms with E-state index in [4.69, 9.17) is 11.6 Å². The summed E-state index contributed by atoms with van der Waals surface area (Å²) in [6, 6.07) is 12.6. The number of benzene rings is 2. The van der Waals surface area contributed by atoms with Gasteiger partial charge in [-0.3, -0.25) is 9.59 Å². The smallest absolute Gasteiger partial charge is 0.243 e. The number of nitrogens with one attached hydrogen (secondary N) is 1. The zero-order valence-electron chi connectivity index (χ0n) is 19.5. The second kappa shape index (κ2) is 12.2. The lowest BCUT2D eigenvalue weighted by Crippen LogP contribution is -2.50. The van der Waals surface area contributed by atoms with Crippen molar-refractivity contribution in [1.82, 2.24) is 14.5 Å². The molecule has 180 valence electrons. The fraction of sp³-hybridized carbons (Fsp3) is 0.417. The molecular weight excluding hydrogens is 462 g/mol. The first-order chi connectivity index (χ1) is 15.6. The van der Waals surface area contributed by atoms with Crippen LogP contribution in [-0.4, -0.2) is 55.6 Å². The Bertz CT molecular complexity index is 1060. The molecule has 0 aliphatic carbocycles. The summed E-state index contributed by atoms with van der Waals surface area (Å²) in [5, 5.41) is 3.27. The van der Waals surface area contributed by atoms with Crippen LogP contribution in [0, 0.1) is 6.92 Å². The van der Waals surface area contributed by atoms with E-state index in [2.05, 4.69) is 5.32 Å². The molecule has 33 heavy (non-hydrogen) atoms. The van der Waals surface area contributed by atoms with Crippen molar-refractivity contribution in [3.8, 4) is 0 Å². The first-order valence-corrected chi connectivity index (χ1v) is 12.7. The molecule has 0 fully saturated rings. The third kappa shape index (κ3) is 7.28. The molecule has 2 aromatic carbocycles. The molecule has 7 nitrogen and oxygen atoms in total. The van der Waals surface area contributed by atoms with E-state index in [1.807, 2.05) is 38.1 Å². The van der Waals surface area contributed by atoms with Crippen molar-refractivity contribution in [3.63, 3.8) is 0 Å². The normalized spacial score (nSPS) is 12.4. The van der Waals surface area contributed by atoms with Gasteiger partial charge in [-0.1, -0.05) is 49.2 Å². The number of sulfonamides is 1. The molecule has 1 N–H and O–H groups in total. The first-order valence-electron chi connectivity index (χ1n) is 10.9. The Balaban J connectivity index is 2.25. The SMILES string of the molecule is CCCCNC(=O)[C@H](C)N(Cc1ccccc1C)C(=O)CN(C)S(=O)(=O)c1ccc(Cl)cc1. The molecule has 0 aliphatic rings. The number of hydrogen-bond donors (Lipinski definition) is 1. The van der Waals surface area contributed by atoms with Crippen LogP contribution in [0.25, 0.3) is 0 Å². The molecule has 0 spiro atoms. The van der Waals surface area contributed by atoms with Crippen LogP contribution in [0.5, 0.6) is 0 Å². The van der Waals surface area contributed by atoms with Crippen molar-refractivity contribution in [3.05, 3.63) is 64.7 Å². The highest BCUT2D eigenvalue weighted by Gasteiger charge is 2.30.